The number of aliphatic hydroxyl groups excluding tert-OH is 1. The molecule has 2 atom stereocenters. The van der Waals surface area contributed by atoms with Crippen LogP contribution in [-0.4, -0.2) is 27.5 Å². The topological polar surface area (TPSA) is 50.1 Å². The third kappa shape index (κ3) is 3.66. The van der Waals surface area contributed by atoms with Crippen molar-refractivity contribution in [1.82, 2.24) is 15.1 Å². The molecule has 0 fully saturated rings. The molecule has 0 aliphatic heterocycles. The van der Waals surface area contributed by atoms with Crippen LogP contribution in [0.4, 0.5) is 0 Å². The Morgan fingerprint density at radius 1 is 1.21 bits per heavy atom. The summed E-state index contributed by atoms with van der Waals surface area (Å²) in [5, 5.41) is 17.0. The average Bonchev–Trinajstić information content (AvgIpc) is 2.93. The summed E-state index contributed by atoms with van der Waals surface area (Å²) >= 11 is 0. The molecule has 0 bridgehead atoms. The van der Waals surface area contributed by atoms with E-state index in [-0.39, 0.29) is 18.6 Å². The van der Waals surface area contributed by atoms with E-state index in [0.29, 0.717) is 6.54 Å². The van der Waals surface area contributed by atoms with Gasteiger partial charge in [0.2, 0.25) is 0 Å². The Morgan fingerprint density at radius 3 is 2.63 bits per heavy atom. The molecule has 2 N–H and O–H groups in total. The summed E-state index contributed by atoms with van der Waals surface area (Å²) < 4.78 is 1.87. The van der Waals surface area contributed by atoms with E-state index in [4.69, 9.17) is 5.11 Å². The van der Waals surface area contributed by atoms with Crippen LogP contribution in [-0.2, 0) is 6.54 Å². The molecule has 4 heteroatoms. The zero-order valence-electron chi connectivity index (χ0n) is 11.5. The molecule has 0 aliphatic carbocycles. The lowest BCUT2D eigenvalue weighted by Crippen LogP contribution is -2.33. The fourth-order valence-electron chi connectivity index (χ4n) is 1.81. The van der Waals surface area contributed by atoms with Crippen LogP contribution in [0.3, 0.4) is 0 Å². The first kappa shape index (κ1) is 13.8. The quantitative estimate of drug-likeness (QED) is 0.834. The molecule has 102 valence electrons. The lowest BCUT2D eigenvalue weighted by atomic mass is 10.1. The number of aliphatic hydroxyl groups is 1. The van der Waals surface area contributed by atoms with Crippen LogP contribution in [0.5, 0.6) is 0 Å². The molecule has 0 amide bonds. The van der Waals surface area contributed by atoms with Crippen molar-refractivity contribution in [2.24, 2.45) is 5.92 Å². The first-order valence-electron chi connectivity index (χ1n) is 6.65. The van der Waals surface area contributed by atoms with Crippen molar-refractivity contribution in [2.75, 3.05) is 6.61 Å². The third-order valence-electron chi connectivity index (χ3n) is 3.41. The summed E-state index contributed by atoms with van der Waals surface area (Å²) in [7, 11) is 0. The van der Waals surface area contributed by atoms with E-state index in [1.165, 1.54) is 0 Å². The number of hydrogen-bond acceptors (Lipinski definition) is 3. The van der Waals surface area contributed by atoms with Gasteiger partial charge < -0.3 is 10.4 Å². The Bertz CT molecular complexity index is 495. The van der Waals surface area contributed by atoms with Crippen molar-refractivity contribution in [2.45, 2.75) is 26.4 Å². The fraction of sp³-hybridized carbons (Fsp3) is 0.400. The molecule has 19 heavy (non-hydrogen) atoms. The lowest BCUT2D eigenvalue weighted by molar-refractivity contribution is 0.206. The highest BCUT2D eigenvalue weighted by atomic mass is 16.3. The van der Waals surface area contributed by atoms with E-state index in [9.17, 15) is 0 Å². The summed E-state index contributed by atoms with van der Waals surface area (Å²) in [6, 6.07) is 12.3. The number of hydrogen-bond donors (Lipinski definition) is 2. The maximum absolute atomic E-state index is 9.10. The molecule has 1 aromatic heterocycles. The molecule has 4 nitrogen and oxygen atoms in total. The van der Waals surface area contributed by atoms with Crippen LogP contribution < -0.4 is 5.32 Å². The van der Waals surface area contributed by atoms with Crippen molar-refractivity contribution in [1.29, 1.82) is 0 Å². The molecule has 0 aliphatic rings. The lowest BCUT2D eigenvalue weighted by Gasteiger charge is -2.18. The van der Waals surface area contributed by atoms with E-state index in [1.807, 2.05) is 54.2 Å². The molecule has 0 saturated heterocycles. The van der Waals surface area contributed by atoms with E-state index in [0.717, 1.165) is 11.4 Å². The molecule has 1 aromatic carbocycles. The standard InChI is InChI=1S/C15H21N3O/c1-12(11-19)13(2)16-10-14-8-9-18(17-14)15-6-4-3-5-7-15/h3-9,12-13,16,19H,10-11H2,1-2H3. The molecule has 0 saturated carbocycles. The molecular weight excluding hydrogens is 238 g/mol. The average molecular weight is 259 g/mol. The summed E-state index contributed by atoms with van der Waals surface area (Å²) in [5.74, 6) is 0.246. The molecule has 0 spiro atoms. The van der Waals surface area contributed by atoms with Gasteiger partial charge in [-0.25, -0.2) is 4.68 Å². The van der Waals surface area contributed by atoms with Gasteiger partial charge in [0.05, 0.1) is 11.4 Å². The Hall–Kier alpha value is -1.65. The highest BCUT2D eigenvalue weighted by molar-refractivity contribution is 5.30. The fourth-order valence-corrected chi connectivity index (χ4v) is 1.81. The van der Waals surface area contributed by atoms with Gasteiger partial charge in [-0.2, -0.15) is 5.10 Å². The van der Waals surface area contributed by atoms with Gasteiger partial charge in [0.15, 0.2) is 0 Å². The maximum atomic E-state index is 9.10. The maximum Gasteiger partial charge on any atom is 0.0766 e. The van der Waals surface area contributed by atoms with Crippen LogP contribution in [0.1, 0.15) is 19.5 Å². The summed E-state index contributed by atoms with van der Waals surface area (Å²) in [4.78, 5) is 0. The van der Waals surface area contributed by atoms with Gasteiger partial charge in [0, 0.05) is 25.4 Å². The number of nitrogens with one attached hydrogen (secondary N) is 1. The van der Waals surface area contributed by atoms with E-state index in [1.54, 1.807) is 0 Å². The van der Waals surface area contributed by atoms with E-state index in [2.05, 4.69) is 17.3 Å². The number of rotatable bonds is 6. The largest absolute Gasteiger partial charge is 0.396 e. The first-order valence-corrected chi connectivity index (χ1v) is 6.65. The molecular formula is C15H21N3O. The van der Waals surface area contributed by atoms with Crippen molar-refractivity contribution in [3.63, 3.8) is 0 Å². The van der Waals surface area contributed by atoms with Crippen LogP contribution in [0.15, 0.2) is 42.6 Å². The van der Waals surface area contributed by atoms with Crippen LogP contribution >= 0.6 is 0 Å². The van der Waals surface area contributed by atoms with Crippen LogP contribution in [0.2, 0.25) is 0 Å². The van der Waals surface area contributed by atoms with Gasteiger partial charge in [-0.15, -0.1) is 0 Å². The van der Waals surface area contributed by atoms with Gasteiger partial charge in [0.25, 0.3) is 0 Å². The number of nitrogens with zero attached hydrogens (tertiary/aromatic N) is 2. The summed E-state index contributed by atoms with van der Waals surface area (Å²) in [6.07, 6.45) is 1.96. The van der Waals surface area contributed by atoms with Gasteiger partial charge in [0.1, 0.15) is 0 Å². The second-order valence-electron chi connectivity index (χ2n) is 4.92. The highest BCUT2D eigenvalue weighted by Crippen LogP contribution is 2.07. The third-order valence-corrected chi connectivity index (χ3v) is 3.41. The number of para-hydroxylation sites is 1. The van der Waals surface area contributed by atoms with E-state index < -0.39 is 0 Å². The second kappa shape index (κ2) is 6.50. The van der Waals surface area contributed by atoms with Crippen LogP contribution in [0, 0.1) is 5.92 Å². The molecule has 2 rings (SSSR count). The zero-order valence-corrected chi connectivity index (χ0v) is 11.5. The van der Waals surface area contributed by atoms with Gasteiger partial charge in [-0.3, -0.25) is 0 Å². The summed E-state index contributed by atoms with van der Waals surface area (Å²) in [6.45, 7) is 5.02. The molecule has 2 unspecified atom stereocenters. The van der Waals surface area contributed by atoms with Gasteiger partial charge in [-0.1, -0.05) is 25.1 Å². The van der Waals surface area contributed by atoms with Crippen molar-refractivity contribution < 1.29 is 5.11 Å². The predicted molar refractivity (Wildman–Crippen MR) is 76.1 cm³/mol. The Balaban J connectivity index is 1.95. The SMILES string of the molecule is CC(CO)C(C)NCc1ccn(-c2ccccc2)n1. The normalized spacial score (nSPS) is 14.3. The first-order chi connectivity index (χ1) is 9.20. The zero-order chi connectivity index (χ0) is 13.7. The van der Waals surface area contributed by atoms with Gasteiger partial charge >= 0.3 is 0 Å². The Kier molecular flexibility index (Phi) is 4.71. The smallest absolute Gasteiger partial charge is 0.0766 e. The minimum Gasteiger partial charge on any atom is -0.396 e. The number of aromatic nitrogens is 2. The molecule has 1 heterocycles. The van der Waals surface area contributed by atoms with Crippen LogP contribution in [0.25, 0.3) is 5.69 Å². The Morgan fingerprint density at radius 2 is 1.95 bits per heavy atom. The number of benzene rings is 1. The van der Waals surface area contributed by atoms with Crippen molar-refractivity contribution >= 4 is 0 Å². The predicted octanol–water partition coefficient (Wildman–Crippen LogP) is 1.98. The van der Waals surface area contributed by atoms with Crippen molar-refractivity contribution in [3.8, 4) is 5.69 Å². The summed E-state index contributed by atoms with van der Waals surface area (Å²) in [5.41, 5.74) is 2.06. The van der Waals surface area contributed by atoms with Crippen molar-refractivity contribution in [3.05, 3.63) is 48.3 Å². The minimum atomic E-state index is 0.201. The molecule has 0 radical (unpaired) electrons. The highest BCUT2D eigenvalue weighted by Gasteiger charge is 2.10. The monoisotopic (exact) mass is 259 g/mol. The second-order valence-corrected chi connectivity index (χ2v) is 4.92. The van der Waals surface area contributed by atoms with E-state index >= 15 is 0 Å². The minimum absolute atomic E-state index is 0.201. The van der Waals surface area contributed by atoms with Gasteiger partial charge in [-0.05, 0) is 31.0 Å². The Labute approximate surface area is 114 Å². The molecule has 2 aromatic rings.